The van der Waals surface area contributed by atoms with E-state index in [9.17, 15) is 5.11 Å². The van der Waals surface area contributed by atoms with E-state index in [2.05, 4.69) is 27.3 Å². The number of rotatable bonds is 3. The predicted molar refractivity (Wildman–Crippen MR) is 75.3 cm³/mol. The Hall–Kier alpha value is -1.05. The summed E-state index contributed by atoms with van der Waals surface area (Å²) < 4.78 is 0.818. The smallest absolute Gasteiger partial charge is 0.103 e. The lowest BCUT2D eigenvalue weighted by atomic mass is 9.87. The minimum atomic E-state index is -0.150. The summed E-state index contributed by atoms with van der Waals surface area (Å²) >= 11 is 3.38. The Kier molecular flexibility index (Phi) is 4.62. The van der Waals surface area contributed by atoms with Gasteiger partial charge in [0.05, 0.1) is 17.4 Å². The summed E-state index contributed by atoms with van der Waals surface area (Å²) in [7, 11) is 0. The number of aliphatic hydroxyl groups is 1. The molecule has 18 heavy (non-hydrogen) atoms. The number of aliphatic hydroxyl groups excluding tert-OH is 1. The van der Waals surface area contributed by atoms with E-state index >= 15 is 0 Å². The minimum Gasteiger partial charge on any atom is -0.393 e. The lowest BCUT2D eigenvalue weighted by Gasteiger charge is -2.26. The second-order valence-corrected chi connectivity index (χ2v) is 5.70. The topological polar surface area (TPSA) is 56.0 Å². The van der Waals surface area contributed by atoms with Crippen molar-refractivity contribution in [3.8, 4) is 6.07 Å². The van der Waals surface area contributed by atoms with Crippen molar-refractivity contribution in [2.45, 2.75) is 31.8 Å². The van der Waals surface area contributed by atoms with Gasteiger partial charge >= 0.3 is 0 Å². The van der Waals surface area contributed by atoms with Crippen LogP contribution in [0.5, 0.6) is 0 Å². The van der Waals surface area contributed by atoms with Gasteiger partial charge in [0.1, 0.15) is 6.07 Å². The molecule has 0 amide bonds. The molecular weight excluding hydrogens is 292 g/mol. The number of hydrogen-bond acceptors (Lipinski definition) is 3. The normalized spacial score (nSPS) is 23.4. The summed E-state index contributed by atoms with van der Waals surface area (Å²) in [6.45, 7) is 0.822. The molecule has 0 radical (unpaired) electrons. The highest BCUT2D eigenvalue weighted by Crippen LogP contribution is 2.27. The second-order valence-electron chi connectivity index (χ2n) is 4.84. The summed E-state index contributed by atoms with van der Waals surface area (Å²) in [5.41, 5.74) is 1.51. The lowest BCUT2D eigenvalue weighted by molar-refractivity contribution is 0.105. The van der Waals surface area contributed by atoms with Gasteiger partial charge in [-0.15, -0.1) is 0 Å². The molecule has 3 nitrogen and oxygen atoms in total. The zero-order valence-electron chi connectivity index (χ0n) is 10.2. The zero-order valence-corrected chi connectivity index (χ0v) is 11.8. The van der Waals surface area contributed by atoms with Crippen LogP contribution in [0.4, 0.5) is 5.69 Å². The minimum absolute atomic E-state index is 0.150. The van der Waals surface area contributed by atoms with Gasteiger partial charge in [0, 0.05) is 11.0 Å². The average molecular weight is 309 g/mol. The van der Waals surface area contributed by atoms with Gasteiger partial charge in [-0.25, -0.2) is 0 Å². The summed E-state index contributed by atoms with van der Waals surface area (Å²) in [5, 5.41) is 22.1. The molecule has 2 rings (SSSR count). The van der Waals surface area contributed by atoms with E-state index in [1.807, 2.05) is 18.2 Å². The van der Waals surface area contributed by atoms with Crippen LogP contribution < -0.4 is 5.32 Å². The van der Waals surface area contributed by atoms with Crippen LogP contribution in [0.25, 0.3) is 0 Å². The Morgan fingerprint density at radius 1 is 1.44 bits per heavy atom. The Balaban J connectivity index is 1.98. The molecule has 0 heterocycles. The number of nitriles is 1. The van der Waals surface area contributed by atoms with E-state index < -0.39 is 0 Å². The van der Waals surface area contributed by atoms with Crippen molar-refractivity contribution in [2.24, 2.45) is 5.92 Å². The third-order valence-electron chi connectivity index (χ3n) is 3.46. The van der Waals surface area contributed by atoms with Gasteiger partial charge in [0.25, 0.3) is 0 Å². The van der Waals surface area contributed by atoms with Crippen molar-refractivity contribution >= 4 is 21.6 Å². The van der Waals surface area contributed by atoms with Crippen LogP contribution in [0.1, 0.15) is 31.2 Å². The largest absolute Gasteiger partial charge is 0.393 e. The molecule has 2 atom stereocenters. The van der Waals surface area contributed by atoms with Crippen molar-refractivity contribution in [3.05, 3.63) is 28.2 Å². The van der Waals surface area contributed by atoms with Gasteiger partial charge in [0.15, 0.2) is 0 Å². The second kappa shape index (κ2) is 6.21. The SMILES string of the molecule is N#Cc1c(Br)cccc1NCC1CCCC(O)C1. The summed E-state index contributed by atoms with van der Waals surface area (Å²) in [6.07, 6.45) is 3.89. The maximum atomic E-state index is 9.63. The van der Waals surface area contributed by atoms with E-state index in [1.165, 1.54) is 0 Å². The van der Waals surface area contributed by atoms with Crippen molar-refractivity contribution in [1.29, 1.82) is 5.26 Å². The molecule has 0 aromatic heterocycles. The van der Waals surface area contributed by atoms with Gasteiger partial charge in [-0.1, -0.05) is 12.5 Å². The molecule has 2 N–H and O–H groups in total. The van der Waals surface area contributed by atoms with Crippen LogP contribution in [0, 0.1) is 17.2 Å². The van der Waals surface area contributed by atoms with E-state index in [1.54, 1.807) is 0 Å². The van der Waals surface area contributed by atoms with Gasteiger partial charge in [0.2, 0.25) is 0 Å². The molecule has 1 aromatic carbocycles. The van der Waals surface area contributed by atoms with Crippen molar-refractivity contribution in [3.63, 3.8) is 0 Å². The Labute approximate surface area is 116 Å². The fraction of sp³-hybridized carbons (Fsp3) is 0.500. The van der Waals surface area contributed by atoms with Gasteiger partial charge in [-0.05, 0) is 53.2 Å². The molecular formula is C14H17BrN2O. The number of benzene rings is 1. The molecule has 4 heteroatoms. The van der Waals surface area contributed by atoms with Crippen molar-refractivity contribution in [1.82, 2.24) is 0 Å². The number of nitrogens with zero attached hydrogens (tertiary/aromatic N) is 1. The average Bonchev–Trinajstić information content (AvgIpc) is 2.36. The first-order valence-corrected chi connectivity index (χ1v) is 7.10. The van der Waals surface area contributed by atoms with Crippen LogP contribution in [0.3, 0.4) is 0 Å². The van der Waals surface area contributed by atoms with Crippen molar-refractivity contribution < 1.29 is 5.11 Å². The summed E-state index contributed by atoms with van der Waals surface area (Å²) in [4.78, 5) is 0. The first-order chi connectivity index (χ1) is 8.70. The highest BCUT2D eigenvalue weighted by atomic mass is 79.9. The number of halogens is 1. The highest BCUT2D eigenvalue weighted by Gasteiger charge is 2.20. The monoisotopic (exact) mass is 308 g/mol. The van der Waals surface area contributed by atoms with Gasteiger partial charge < -0.3 is 10.4 Å². The molecule has 1 aromatic rings. The summed E-state index contributed by atoms with van der Waals surface area (Å²) in [5.74, 6) is 0.499. The quantitative estimate of drug-likeness (QED) is 0.901. The molecule has 1 aliphatic carbocycles. The highest BCUT2D eigenvalue weighted by molar-refractivity contribution is 9.10. The molecule has 1 aliphatic rings. The molecule has 1 fully saturated rings. The Morgan fingerprint density at radius 2 is 2.28 bits per heavy atom. The van der Waals surface area contributed by atoms with Crippen LogP contribution >= 0.6 is 15.9 Å². The fourth-order valence-corrected chi connectivity index (χ4v) is 2.94. The van der Waals surface area contributed by atoms with E-state index in [0.717, 1.165) is 42.4 Å². The maximum Gasteiger partial charge on any atom is 0.103 e. The summed E-state index contributed by atoms with van der Waals surface area (Å²) in [6, 6.07) is 7.91. The van der Waals surface area contributed by atoms with E-state index in [0.29, 0.717) is 11.5 Å². The van der Waals surface area contributed by atoms with Crippen LogP contribution in [0.2, 0.25) is 0 Å². The third-order valence-corrected chi connectivity index (χ3v) is 4.12. The number of anilines is 1. The maximum absolute atomic E-state index is 9.63. The van der Waals surface area contributed by atoms with Crippen LogP contribution in [-0.2, 0) is 0 Å². The van der Waals surface area contributed by atoms with Crippen LogP contribution in [-0.4, -0.2) is 17.8 Å². The van der Waals surface area contributed by atoms with Gasteiger partial charge in [-0.3, -0.25) is 0 Å². The Morgan fingerprint density at radius 3 is 3.00 bits per heavy atom. The molecule has 0 saturated heterocycles. The lowest BCUT2D eigenvalue weighted by Crippen LogP contribution is -2.25. The van der Waals surface area contributed by atoms with E-state index in [4.69, 9.17) is 5.26 Å². The molecule has 0 spiro atoms. The number of hydrogen-bond donors (Lipinski definition) is 2. The molecule has 1 saturated carbocycles. The zero-order chi connectivity index (χ0) is 13.0. The molecule has 0 bridgehead atoms. The fourth-order valence-electron chi connectivity index (χ4n) is 2.49. The van der Waals surface area contributed by atoms with Crippen molar-refractivity contribution in [2.75, 3.05) is 11.9 Å². The third kappa shape index (κ3) is 3.24. The predicted octanol–water partition coefficient (Wildman–Crippen LogP) is 3.28. The van der Waals surface area contributed by atoms with Crippen LogP contribution in [0.15, 0.2) is 22.7 Å². The first-order valence-electron chi connectivity index (χ1n) is 6.31. The molecule has 0 aliphatic heterocycles. The standard InChI is InChI=1S/C14H17BrN2O/c15-13-5-2-6-14(12(13)8-16)17-9-10-3-1-4-11(18)7-10/h2,5-6,10-11,17-18H,1,3-4,7,9H2. The first kappa shape index (κ1) is 13.4. The number of nitrogens with one attached hydrogen (secondary N) is 1. The van der Waals surface area contributed by atoms with E-state index in [-0.39, 0.29) is 6.10 Å². The molecule has 96 valence electrons. The molecule has 2 unspecified atom stereocenters. The van der Waals surface area contributed by atoms with Gasteiger partial charge in [-0.2, -0.15) is 5.26 Å². The Bertz CT molecular complexity index is 456.